The van der Waals surface area contributed by atoms with Gasteiger partial charge in [0, 0.05) is 44.5 Å². The zero-order valence-electron chi connectivity index (χ0n) is 13.2. The third-order valence-electron chi connectivity index (χ3n) is 4.39. The van der Waals surface area contributed by atoms with E-state index in [0.717, 1.165) is 18.6 Å². The van der Waals surface area contributed by atoms with Crippen LogP contribution in [0.25, 0.3) is 11.1 Å². The molecule has 0 aliphatic heterocycles. The van der Waals surface area contributed by atoms with Crippen LogP contribution in [0, 0.1) is 0 Å². The minimum absolute atomic E-state index is 0.275. The molecule has 1 aromatic carbocycles. The van der Waals surface area contributed by atoms with Gasteiger partial charge in [-0.05, 0) is 25.0 Å². The number of rotatable bonds is 6. The summed E-state index contributed by atoms with van der Waals surface area (Å²) in [5.74, 6) is -0.275. The Morgan fingerprint density at radius 1 is 1.35 bits per heavy atom. The summed E-state index contributed by atoms with van der Waals surface area (Å²) in [5, 5.41) is 4.23. The highest BCUT2D eigenvalue weighted by Gasteiger charge is 2.29. The number of fused-ring (bicyclic) bond motifs is 1. The van der Waals surface area contributed by atoms with Crippen molar-refractivity contribution in [3.8, 4) is 0 Å². The lowest BCUT2D eigenvalue weighted by Gasteiger charge is -2.21. The Morgan fingerprint density at radius 2 is 2.17 bits per heavy atom. The summed E-state index contributed by atoms with van der Waals surface area (Å²) in [4.78, 5) is 14.5. The Balaban J connectivity index is 1.51. The minimum Gasteiger partial charge on any atom is -0.408 e. The zero-order valence-corrected chi connectivity index (χ0v) is 13.2. The summed E-state index contributed by atoms with van der Waals surface area (Å²) in [6.45, 7) is 2.36. The average molecular weight is 312 g/mol. The Hall–Kier alpha value is -2.34. The van der Waals surface area contributed by atoms with Crippen molar-refractivity contribution < 1.29 is 4.42 Å². The van der Waals surface area contributed by atoms with Gasteiger partial charge in [-0.15, -0.1) is 0 Å². The first-order valence-corrected chi connectivity index (χ1v) is 8.00. The van der Waals surface area contributed by atoms with E-state index in [0.29, 0.717) is 18.2 Å². The van der Waals surface area contributed by atoms with Crippen LogP contribution in [-0.2, 0) is 20.1 Å². The summed E-state index contributed by atoms with van der Waals surface area (Å²) >= 11 is 0. The number of nitrogens with zero attached hydrogens (tertiary/aromatic N) is 4. The molecule has 0 saturated heterocycles. The molecule has 1 aliphatic carbocycles. The molecular formula is C17H20N4O2. The van der Waals surface area contributed by atoms with Crippen LogP contribution >= 0.6 is 0 Å². The van der Waals surface area contributed by atoms with Crippen molar-refractivity contribution in [2.24, 2.45) is 7.05 Å². The molecule has 4 rings (SSSR count). The lowest BCUT2D eigenvalue weighted by Crippen LogP contribution is -2.31. The quantitative estimate of drug-likeness (QED) is 0.698. The van der Waals surface area contributed by atoms with Gasteiger partial charge in [0.15, 0.2) is 5.58 Å². The standard InChI is InChI=1S/C17H20N4O2/c1-19-11-13(10-18-19)12-20(14-6-7-14)8-9-21-15-4-2-3-5-16(15)23-17(21)22/h2-5,10-11,14H,6-9,12H2,1H3. The van der Waals surface area contributed by atoms with E-state index in [1.807, 2.05) is 42.2 Å². The largest absolute Gasteiger partial charge is 0.419 e. The number of hydrogen-bond donors (Lipinski definition) is 0. The number of hydrogen-bond acceptors (Lipinski definition) is 4. The highest BCUT2D eigenvalue weighted by Crippen LogP contribution is 2.28. The molecule has 0 bridgehead atoms. The molecule has 6 nitrogen and oxygen atoms in total. The Morgan fingerprint density at radius 3 is 2.91 bits per heavy atom. The van der Waals surface area contributed by atoms with Crippen molar-refractivity contribution >= 4 is 11.1 Å². The van der Waals surface area contributed by atoms with Crippen LogP contribution in [0.15, 0.2) is 45.9 Å². The zero-order chi connectivity index (χ0) is 15.8. The Kier molecular flexibility index (Phi) is 3.53. The van der Waals surface area contributed by atoms with Crippen LogP contribution in [0.3, 0.4) is 0 Å². The minimum atomic E-state index is -0.275. The van der Waals surface area contributed by atoms with Gasteiger partial charge in [-0.2, -0.15) is 5.10 Å². The maximum Gasteiger partial charge on any atom is 0.419 e. The molecule has 1 fully saturated rings. The number of aryl methyl sites for hydroxylation is 1. The molecular weight excluding hydrogens is 292 g/mol. The Labute approximate surface area is 133 Å². The molecule has 0 N–H and O–H groups in total. The van der Waals surface area contributed by atoms with Gasteiger partial charge < -0.3 is 4.42 Å². The van der Waals surface area contributed by atoms with Crippen LogP contribution in [0.2, 0.25) is 0 Å². The number of aromatic nitrogens is 3. The van der Waals surface area contributed by atoms with Gasteiger partial charge >= 0.3 is 5.76 Å². The van der Waals surface area contributed by atoms with Crippen molar-refractivity contribution in [3.05, 3.63) is 52.8 Å². The SMILES string of the molecule is Cn1cc(CN(CCn2c(=O)oc3ccccc32)C2CC2)cn1. The van der Waals surface area contributed by atoms with Crippen LogP contribution in [0.4, 0.5) is 0 Å². The molecule has 2 aromatic heterocycles. The lowest BCUT2D eigenvalue weighted by molar-refractivity contribution is 0.242. The summed E-state index contributed by atoms with van der Waals surface area (Å²) in [5.41, 5.74) is 2.74. The molecule has 23 heavy (non-hydrogen) atoms. The van der Waals surface area contributed by atoms with Crippen molar-refractivity contribution in [2.75, 3.05) is 6.54 Å². The van der Waals surface area contributed by atoms with E-state index < -0.39 is 0 Å². The maximum absolute atomic E-state index is 12.1. The first kappa shape index (κ1) is 14.3. The first-order chi connectivity index (χ1) is 11.2. The van der Waals surface area contributed by atoms with E-state index in [9.17, 15) is 4.79 Å². The highest BCUT2D eigenvalue weighted by molar-refractivity contribution is 5.72. The van der Waals surface area contributed by atoms with Crippen LogP contribution < -0.4 is 5.76 Å². The first-order valence-electron chi connectivity index (χ1n) is 8.00. The second-order valence-corrected chi connectivity index (χ2v) is 6.21. The molecule has 6 heteroatoms. The highest BCUT2D eigenvalue weighted by atomic mass is 16.4. The van der Waals surface area contributed by atoms with Gasteiger partial charge in [0.2, 0.25) is 0 Å². The van der Waals surface area contributed by atoms with Crippen LogP contribution in [0.5, 0.6) is 0 Å². The Bertz CT molecular complexity index is 872. The number of benzene rings is 1. The summed E-state index contributed by atoms with van der Waals surface area (Å²) in [7, 11) is 1.93. The second kappa shape index (κ2) is 5.70. The monoisotopic (exact) mass is 312 g/mol. The van der Waals surface area contributed by atoms with E-state index in [4.69, 9.17) is 4.42 Å². The fraction of sp³-hybridized carbons (Fsp3) is 0.412. The predicted octanol–water partition coefficient (Wildman–Crippen LogP) is 1.99. The van der Waals surface area contributed by atoms with Gasteiger partial charge in [0.1, 0.15) is 0 Å². The molecule has 2 heterocycles. The van der Waals surface area contributed by atoms with E-state index in [1.54, 1.807) is 4.57 Å². The van der Waals surface area contributed by atoms with Crippen molar-refractivity contribution in [2.45, 2.75) is 32.0 Å². The fourth-order valence-corrected chi connectivity index (χ4v) is 3.07. The molecule has 0 atom stereocenters. The van der Waals surface area contributed by atoms with Gasteiger partial charge in [0.25, 0.3) is 0 Å². The normalized spacial score (nSPS) is 14.9. The van der Waals surface area contributed by atoms with E-state index >= 15 is 0 Å². The molecule has 120 valence electrons. The third-order valence-corrected chi connectivity index (χ3v) is 4.39. The fourth-order valence-electron chi connectivity index (χ4n) is 3.07. The summed E-state index contributed by atoms with van der Waals surface area (Å²) in [6.07, 6.45) is 6.44. The molecule has 1 saturated carbocycles. The van der Waals surface area contributed by atoms with Gasteiger partial charge in [0.05, 0.1) is 11.7 Å². The predicted molar refractivity (Wildman–Crippen MR) is 87.1 cm³/mol. The molecule has 0 radical (unpaired) electrons. The van der Waals surface area contributed by atoms with Gasteiger partial charge in [-0.3, -0.25) is 14.1 Å². The van der Waals surface area contributed by atoms with Crippen molar-refractivity contribution in [1.82, 2.24) is 19.2 Å². The number of para-hydroxylation sites is 2. The molecule has 0 amide bonds. The number of oxazole rings is 1. The average Bonchev–Trinajstić information content (AvgIpc) is 3.23. The van der Waals surface area contributed by atoms with Crippen molar-refractivity contribution in [1.29, 1.82) is 0 Å². The summed E-state index contributed by atoms with van der Waals surface area (Å²) in [6, 6.07) is 8.21. The summed E-state index contributed by atoms with van der Waals surface area (Å²) < 4.78 is 8.86. The molecule has 1 aliphatic rings. The molecule has 3 aromatic rings. The maximum atomic E-state index is 12.1. The topological polar surface area (TPSA) is 56.2 Å². The molecule has 0 unspecified atom stereocenters. The van der Waals surface area contributed by atoms with E-state index in [2.05, 4.69) is 16.2 Å². The third kappa shape index (κ3) is 2.94. The van der Waals surface area contributed by atoms with Crippen LogP contribution in [-0.4, -0.2) is 31.8 Å². The second-order valence-electron chi connectivity index (χ2n) is 6.21. The van der Waals surface area contributed by atoms with Gasteiger partial charge in [-0.25, -0.2) is 4.79 Å². The van der Waals surface area contributed by atoms with Gasteiger partial charge in [-0.1, -0.05) is 12.1 Å². The van der Waals surface area contributed by atoms with E-state index in [-0.39, 0.29) is 5.76 Å². The lowest BCUT2D eigenvalue weighted by atomic mass is 10.3. The van der Waals surface area contributed by atoms with Crippen molar-refractivity contribution in [3.63, 3.8) is 0 Å². The molecule has 0 spiro atoms. The van der Waals surface area contributed by atoms with Crippen LogP contribution in [0.1, 0.15) is 18.4 Å². The van der Waals surface area contributed by atoms with E-state index in [1.165, 1.54) is 18.4 Å². The smallest absolute Gasteiger partial charge is 0.408 e.